The molecular weight excluding hydrogens is 387 g/mol. The van der Waals surface area contributed by atoms with Gasteiger partial charge in [0, 0.05) is 35.8 Å². The van der Waals surface area contributed by atoms with Crippen molar-refractivity contribution in [2.75, 3.05) is 5.32 Å². The molecular formula is C19H18ClFN4OS. The number of benzene rings is 1. The molecule has 0 radical (unpaired) electrons. The topological polar surface area (TPSA) is 80.9 Å². The molecule has 0 bridgehead atoms. The van der Waals surface area contributed by atoms with E-state index in [2.05, 4.69) is 15.3 Å². The fourth-order valence-corrected chi connectivity index (χ4v) is 3.63. The van der Waals surface area contributed by atoms with Crippen LogP contribution in [0, 0.1) is 11.7 Å². The molecule has 3 rings (SSSR count). The van der Waals surface area contributed by atoms with Crippen LogP contribution in [0.25, 0.3) is 10.4 Å². The van der Waals surface area contributed by atoms with E-state index in [4.69, 9.17) is 17.3 Å². The zero-order valence-corrected chi connectivity index (χ0v) is 16.1. The molecule has 1 aromatic carbocycles. The zero-order chi connectivity index (χ0) is 19.4. The van der Waals surface area contributed by atoms with E-state index in [0.717, 1.165) is 15.4 Å². The van der Waals surface area contributed by atoms with Gasteiger partial charge in [-0.2, -0.15) is 0 Å². The summed E-state index contributed by atoms with van der Waals surface area (Å²) in [4.78, 5) is 21.8. The number of pyridine rings is 1. The lowest BCUT2D eigenvalue weighted by atomic mass is 10.0. The van der Waals surface area contributed by atoms with Crippen molar-refractivity contribution >= 4 is 34.5 Å². The standard InChI is InChI=1S/C19H18ClFN4OS/c1-11(18(26)25-13-4-5-15(21)14(20)8-13)7-16(22)19-24-10-17(27-19)12-3-2-6-23-9-12/h2-6,8-11,16H,7,22H2,1H3,(H,25,26)/t11-,16+/m1/s1. The lowest BCUT2D eigenvalue weighted by molar-refractivity contribution is -0.119. The van der Waals surface area contributed by atoms with Gasteiger partial charge in [0.25, 0.3) is 0 Å². The summed E-state index contributed by atoms with van der Waals surface area (Å²) in [5.74, 6) is -1.09. The number of halogens is 2. The Morgan fingerprint density at radius 3 is 2.89 bits per heavy atom. The lowest BCUT2D eigenvalue weighted by Gasteiger charge is -2.16. The van der Waals surface area contributed by atoms with Gasteiger partial charge in [-0.05, 0) is 30.7 Å². The van der Waals surface area contributed by atoms with E-state index in [9.17, 15) is 9.18 Å². The average Bonchev–Trinajstić information content (AvgIpc) is 3.16. The van der Waals surface area contributed by atoms with Crippen LogP contribution in [0.2, 0.25) is 5.02 Å². The summed E-state index contributed by atoms with van der Waals surface area (Å²) in [7, 11) is 0. The highest BCUT2D eigenvalue weighted by molar-refractivity contribution is 7.15. The van der Waals surface area contributed by atoms with Gasteiger partial charge in [0.15, 0.2) is 0 Å². The zero-order valence-electron chi connectivity index (χ0n) is 14.5. The van der Waals surface area contributed by atoms with E-state index in [0.29, 0.717) is 12.1 Å². The summed E-state index contributed by atoms with van der Waals surface area (Å²) in [6.45, 7) is 1.79. The highest BCUT2D eigenvalue weighted by Gasteiger charge is 2.20. The molecule has 140 valence electrons. The van der Waals surface area contributed by atoms with Gasteiger partial charge in [0.2, 0.25) is 5.91 Å². The Bertz CT molecular complexity index is 934. The molecule has 0 spiro atoms. The Hall–Kier alpha value is -2.35. The first-order valence-electron chi connectivity index (χ1n) is 8.31. The Morgan fingerprint density at radius 1 is 1.37 bits per heavy atom. The molecule has 0 unspecified atom stereocenters. The summed E-state index contributed by atoms with van der Waals surface area (Å²) in [6.07, 6.45) is 5.68. The Balaban J connectivity index is 1.61. The normalized spacial score (nSPS) is 13.2. The van der Waals surface area contributed by atoms with Crippen LogP contribution in [-0.4, -0.2) is 15.9 Å². The molecule has 5 nitrogen and oxygen atoms in total. The van der Waals surface area contributed by atoms with Crippen molar-refractivity contribution < 1.29 is 9.18 Å². The summed E-state index contributed by atoms with van der Waals surface area (Å²) >= 11 is 7.22. The van der Waals surface area contributed by atoms with Gasteiger partial charge in [-0.15, -0.1) is 11.3 Å². The number of hydrogen-bond donors (Lipinski definition) is 2. The fourth-order valence-electron chi connectivity index (χ4n) is 2.53. The molecule has 1 amide bonds. The van der Waals surface area contributed by atoms with Gasteiger partial charge in [-0.25, -0.2) is 9.37 Å². The molecule has 0 saturated heterocycles. The number of anilines is 1. The first-order chi connectivity index (χ1) is 12.9. The Labute approximate surface area is 165 Å². The number of nitrogens with one attached hydrogen (secondary N) is 1. The van der Waals surface area contributed by atoms with E-state index in [1.165, 1.54) is 29.5 Å². The Morgan fingerprint density at radius 2 is 2.19 bits per heavy atom. The van der Waals surface area contributed by atoms with E-state index in [1.807, 2.05) is 12.1 Å². The van der Waals surface area contributed by atoms with Crippen LogP contribution >= 0.6 is 22.9 Å². The number of nitrogens with two attached hydrogens (primary N) is 1. The van der Waals surface area contributed by atoms with Crippen LogP contribution in [0.5, 0.6) is 0 Å². The number of thiazole rings is 1. The molecule has 2 atom stereocenters. The van der Waals surface area contributed by atoms with Crippen molar-refractivity contribution in [3.63, 3.8) is 0 Å². The van der Waals surface area contributed by atoms with Gasteiger partial charge in [-0.3, -0.25) is 9.78 Å². The number of carbonyl (C=O) groups excluding carboxylic acids is 1. The van der Waals surface area contributed by atoms with Gasteiger partial charge < -0.3 is 11.1 Å². The maximum atomic E-state index is 13.2. The molecule has 27 heavy (non-hydrogen) atoms. The van der Waals surface area contributed by atoms with Crippen LogP contribution < -0.4 is 11.1 Å². The molecule has 2 heterocycles. The molecule has 8 heteroatoms. The minimum Gasteiger partial charge on any atom is -0.326 e. The summed E-state index contributed by atoms with van der Waals surface area (Å²) in [6, 6.07) is 7.51. The Kier molecular flexibility index (Phi) is 6.15. The van der Waals surface area contributed by atoms with Crippen molar-refractivity contribution in [2.24, 2.45) is 11.7 Å². The maximum Gasteiger partial charge on any atom is 0.227 e. The van der Waals surface area contributed by atoms with Crippen LogP contribution in [0.15, 0.2) is 48.9 Å². The van der Waals surface area contributed by atoms with Gasteiger partial charge in [0.05, 0.1) is 15.9 Å². The predicted molar refractivity (Wildman–Crippen MR) is 106 cm³/mol. The van der Waals surface area contributed by atoms with Crippen LogP contribution in [0.3, 0.4) is 0 Å². The highest BCUT2D eigenvalue weighted by atomic mass is 35.5. The predicted octanol–water partition coefficient (Wildman–Crippen LogP) is 4.66. The molecule has 0 aliphatic carbocycles. The second-order valence-corrected chi connectivity index (χ2v) is 7.64. The second-order valence-electron chi connectivity index (χ2n) is 6.17. The van der Waals surface area contributed by atoms with Crippen molar-refractivity contribution in [3.05, 3.63) is 64.8 Å². The van der Waals surface area contributed by atoms with Crippen molar-refractivity contribution in [1.82, 2.24) is 9.97 Å². The van der Waals surface area contributed by atoms with Gasteiger partial charge in [-0.1, -0.05) is 24.6 Å². The first kappa shape index (κ1) is 19.4. The summed E-state index contributed by atoms with van der Waals surface area (Å²) in [5.41, 5.74) is 7.67. The SMILES string of the molecule is C[C@H](C[C@H](N)c1ncc(-c2cccnc2)s1)C(=O)Nc1ccc(F)c(Cl)c1. The van der Waals surface area contributed by atoms with E-state index in [-0.39, 0.29) is 22.9 Å². The largest absolute Gasteiger partial charge is 0.326 e. The smallest absolute Gasteiger partial charge is 0.227 e. The van der Waals surface area contributed by atoms with Gasteiger partial charge in [0.1, 0.15) is 10.8 Å². The monoisotopic (exact) mass is 404 g/mol. The number of nitrogens with zero attached hydrogens (tertiary/aromatic N) is 2. The van der Waals surface area contributed by atoms with E-state index < -0.39 is 5.82 Å². The maximum absolute atomic E-state index is 13.2. The minimum atomic E-state index is -0.530. The highest BCUT2D eigenvalue weighted by Crippen LogP contribution is 2.30. The van der Waals surface area contributed by atoms with E-state index in [1.54, 1.807) is 25.5 Å². The van der Waals surface area contributed by atoms with Crippen LogP contribution in [0.4, 0.5) is 10.1 Å². The third kappa shape index (κ3) is 4.88. The van der Waals surface area contributed by atoms with Crippen LogP contribution in [-0.2, 0) is 4.79 Å². The molecule has 3 aromatic rings. The van der Waals surface area contributed by atoms with Gasteiger partial charge >= 0.3 is 0 Å². The molecule has 3 N–H and O–H groups in total. The number of carbonyl (C=O) groups is 1. The molecule has 0 aliphatic heterocycles. The molecule has 0 saturated carbocycles. The average molecular weight is 405 g/mol. The van der Waals surface area contributed by atoms with Crippen molar-refractivity contribution in [3.8, 4) is 10.4 Å². The third-order valence-electron chi connectivity index (χ3n) is 4.03. The number of aromatic nitrogens is 2. The summed E-state index contributed by atoms with van der Waals surface area (Å²) in [5, 5.41) is 3.45. The second kappa shape index (κ2) is 8.56. The number of rotatable bonds is 6. The summed E-state index contributed by atoms with van der Waals surface area (Å²) < 4.78 is 13.2. The quantitative estimate of drug-likeness (QED) is 0.626. The van der Waals surface area contributed by atoms with E-state index >= 15 is 0 Å². The van der Waals surface area contributed by atoms with Crippen molar-refractivity contribution in [2.45, 2.75) is 19.4 Å². The molecule has 2 aromatic heterocycles. The number of hydrogen-bond acceptors (Lipinski definition) is 5. The minimum absolute atomic E-state index is 0.0390. The fraction of sp³-hybridized carbons (Fsp3) is 0.211. The molecule has 0 aliphatic rings. The van der Waals surface area contributed by atoms with Crippen molar-refractivity contribution in [1.29, 1.82) is 0 Å². The van der Waals surface area contributed by atoms with Crippen LogP contribution in [0.1, 0.15) is 24.4 Å². The third-order valence-corrected chi connectivity index (χ3v) is 5.50. The molecule has 0 fully saturated rings. The lowest BCUT2D eigenvalue weighted by Crippen LogP contribution is -2.24. The first-order valence-corrected chi connectivity index (χ1v) is 9.51. The number of amides is 1.